The first-order chi connectivity index (χ1) is 4.16. The lowest BCUT2D eigenvalue weighted by molar-refractivity contribution is -0.146. The van der Waals surface area contributed by atoms with Gasteiger partial charge >= 0.3 is 5.97 Å². The molecule has 1 unspecified atom stereocenters. The van der Waals surface area contributed by atoms with E-state index in [1.807, 2.05) is 5.25 Å². The van der Waals surface area contributed by atoms with Gasteiger partial charge in [-0.2, -0.15) is 0 Å². The van der Waals surface area contributed by atoms with Crippen LogP contribution in [0.3, 0.4) is 0 Å². The fraction of sp³-hybridized carbons (Fsp3) is 0.667. The summed E-state index contributed by atoms with van der Waals surface area (Å²) in [6, 6.07) is 0. The summed E-state index contributed by atoms with van der Waals surface area (Å²) in [7, 11) is -2.41. The Balaban J connectivity index is 3.28. The highest BCUT2D eigenvalue weighted by atomic mass is 35.7. The van der Waals surface area contributed by atoms with E-state index in [2.05, 4.69) is 4.84 Å². The number of nitrogens with one attached hydrogen (secondary N) is 1. The highest BCUT2D eigenvalue weighted by molar-refractivity contribution is 7.71. The smallest absolute Gasteiger partial charge is 0.325 e. The molecule has 0 spiro atoms. The first kappa shape index (κ1) is 8.95. The van der Waals surface area contributed by atoms with Gasteiger partial charge in [-0.1, -0.05) is 12.2 Å². The average Bonchev–Trinajstić information content (AvgIpc) is 1.83. The van der Waals surface area contributed by atoms with Gasteiger partial charge in [0.1, 0.15) is 0 Å². The van der Waals surface area contributed by atoms with Gasteiger partial charge in [0, 0.05) is 6.42 Å². The van der Waals surface area contributed by atoms with Crippen molar-refractivity contribution >= 4 is 24.5 Å². The number of hydrogen-bond donors (Lipinski definition) is 1. The van der Waals surface area contributed by atoms with Crippen molar-refractivity contribution in [1.29, 1.82) is 0 Å². The van der Waals surface area contributed by atoms with Crippen molar-refractivity contribution in [3.63, 3.8) is 0 Å². The topological polar surface area (TPSA) is 55.4 Å². The normalized spacial score (nSPS) is 12.7. The Kier molecular flexibility index (Phi) is 4.77. The molecular weight excluding hydrogens is 164 g/mol. The summed E-state index contributed by atoms with van der Waals surface area (Å²) in [6.07, 6.45) is 0.235. The zero-order valence-corrected chi connectivity index (χ0v) is 6.57. The van der Waals surface area contributed by atoms with Crippen LogP contribution in [0.25, 0.3) is 0 Å². The van der Waals surface area contributed by atoms with Gasteiger partial charge in [0.05, 0.1) is 0 Å². The quantitative estimate of drug-likeness (QED) is 0.510. The van der Waals surface area contributed by atoms with Gasteiger partial charge in [0.15, 0.2) is 0 Å². The minimum absolute atomic E-state index is 0.235. The fourth-order valence-electron chi connectivity index (χ4n) is 0.169. The summed E-state index contributed by atoms with van der Waals surface area (Å²) >= 11 is 4.94. The fourth-order valence-corrected chi connectivity index (χ4v) is 0.479. The lowest BCUT2D eigenvalue weighted by Gasteiger charge is -1.97. The zero-order chi connectivity index (χ0) is 7.28. The average molecular weight is 172 g/mol. The predicted octanol–water partition coefficient (Wildman–Crippen LogP) is 1.07. The molecule has 9 heavy (non-hydrogen) atoms. The molecule has 1 N–H and O–H groups in total. The molecule has 6 heteroatoms. The second-order valence-electron chi connectivity index (χ2n) is 1.20. The van der Waals surface area contributed by atoms with E-state index in [1.165, 1.54) is 0 Å². The summed E-state index contributed by atoms with van der Waals surface area (Å²) in [5.74, 6) is -0.478. The Labute approximate surface area is 58.1 Å². The monoisotopic (exact) mass is 171 g/mol. The third kappa shape index (κ3) is 5.83. The molecule has 4 nitrogen and oxygen atoms in total. The Morgan fingerprint density at radius 2 is 2.44 bits per heavy atom. The summed E-state index contributed by atoms with van der Waals surface area (Å²) in [4.78, 5) is 14.4. The van der Waals surface area contributed by atoms with Crippen molar-refractivity contribution in [2.45, 2.75) is 13.3 Å². The third-order valence-corrected chi connectivity index (χ3v) is 1.03. The molecule has 1 atom stereocenters. The van der Waals surface area contributed by atoms with Gasteiger partial charge in [-0.05, 0) is 11.2 Å². The molecule has 0 saturated heterocycles. The van der Waals surface area contributed by atoms with Gasteiger partial charge in [-0.25, -0.2) is 0 Å². The zero-order valence-electron chi connectivity index (χ0n) is 4.81. The number of rotatable bonds is 3. The molecule has 0 aliphatic carbocycles. The Hall–Kier alpha value is -0.0500. The predicted molar refractivity (Wildman–Crippen MR) is 34.4 cm³/mol. The van der Waals surface area contributed by atoms with Crippen molar-refractivity contribution in [2.24, 2.45) is 0 Å². The molecule has 0 amide bonds. The first-order valence-electron chi connectivity index (χ1n) is 2.32. The van der Waals surface area contributed by atoms with Crippen LogP contribution in [0.2, 0.25) is 0 Å². The summed E-state index contributed by atoms with van der Waals surface area (Å²) < 4.78 is 10.0. The van der Waals surface area contributed by atoms with Crippen molar-refractivity contribution in [3.05, 3.63) is 0 Å². The van der Waals surface area contributed by atoms with Crippen LogP contribution < -0.4 is 5.25 Å². The maximum Gasteiger partial charge on any atom is 0.325 e. The van der Waals surface area contributed by atoms with Crippen LogP contribution in [0.1, 0.15) is 13.3 Å². The standard InChI is InChI=1S/C3H7ClNO3P/c1-2-3(6)8-5-9(4)7/h9H,2H2,1H3,(H,5,7). The SMILES string of the molecule is CCC(=O)ON[PH](=O)Cl. The molecule has 0 aliphatic rings. The van der Waals surface area contributed by atoms with Crippen LogP contribution in [-0.2, 0) is 14.2 Å². The van der Waals surface area contributed by atoms with Crippen LogP contribution in [-0.4, -0.2) is 5.97 Å². The van der Waals surface area contributed by atoms with Gasteiger partial charge < -0.3 is 4.84 Å². The molecule has 0 saturated carbocycles. The van der Waals surface area contributed by atoms with Gasteiger partial charge in [-0.3, -0.25) is 9.36 Å². The van der Waals surface area contributed by atoms with E-state index in [1.54, 1.807) is 6.92 Å². The second kappa shape index (κ2) is 4.79. The van der Waals surface area contributed by atoms with E-state index in [0.29, 0.717) is 0 Å². The number of hydrogen-bond acceptors (Lipinski definition) is 3. The lowest BCUT2D eigenvalue weighted by atomic mass is 10.5. The van der Waals surface area contributed by atoms with E-state index in [9.17, 15) is 9.36 Å². The Morgan fingerprint density at radius 1 is 1.89 bits per heavy atom. The van der Waals surface area contributed by atoms with E-state index in [0.717, 1.165) is 0 Å². The molecule has 54 valence electrons. The van der Waals surface area contributed by atoms with Crippen LogP contribution in [0.4, 0.5) is 0 Å². The maximum absolute atomic E-state index is 10.3. The highest BCUT2D eigenvalue weighted by Gasteiger charge is 1.97. The van der Waals surface area contributed by atoms with Crippen molar-refractivity contribution in [2.75, 3.05) is 0 Å². The molecule has 0 aromatic rings. The van der Waals surface area contributed by atoms with Gasteiger partial charge in [-0.15, -0.1) is 0 Å². The van der Waals surface area contributed by atoms with Crippen LogP contribution in [0.15, 0.2) is 0 Å². The molecule has 0 aromatic carbocycles. The number of carbonyl (C=O) groups excluding carboxylic acids is 1. The molecule has 0 rings (SSSR count). The Morgan fingerprint density at radius 3 is 2.78 bits per heavy atom. The molecule has 0 radical (unpaired) electrons. The third-order valence-electron chi connectivity index (χ3n) is 0.534. The van der Waals surface area contributed by atoms with Gasteiger partial charge in [0.2, 0.25) is 0 Å². The molecule has 0 aromatic heterocycles. The van der Waals surface area contributed by atoms with E-state index >= 15 is 0 Å². The molecule has 0 aliphatic heterocycles. The number of halogens is 1. The summed E-state index contributed by atoms with van der Waals surface area (Å²) in [5, 5.41) is 1.86. The summed E-state index contributed by atoms with van der Waals surface area (Å²) in [5.41, 5.74) is 0. The minimum atomic E-state index is -2.41. The lowest BCUT2D eigenvalue weighted by Crippen LogP contribution is -2.10. The van der Waals surface area contributed by atoms with Crippen molar-refractivity contribution in [1.82, 2.24) is 5.25 Å². The van der Waals surface area contributed by atoms with Crippen LogP contribution in [0.5, 0.6) is 0 Å². The first-order valence-corrected chi connectivity index (χ1v) is 4.74. The maximum atomic E-state index is 10.3. The molecule has 0 fully saturated rings. The molecular formula is C3H7ClNO3P. The Bertz CT molecular complexity index is 128. The molecule has 0 bridgehead atoms. The van der Waals surface area contributed by atoms with Crippen molar-refractivity contribution < 1.29 is 14.2 Å². The highest BCUT2D eigenvalue weighted by Crippen LogP contribution is 2.19. The minimum Gasteiger partial charge on any atom is -0.363 e. The van der Waals surface area contributed by atoms with Crippen LogP contribution in [0, 0.1) is 0 Å². The van der Waals surface area contributed by atoms with Crippen LogP contribution >= 0.6 is 18.5 Å². The van der Waals surface area contributed by atoms with E-state index in [-0.39, 0.29) is 6.42 Å². The van der Waals surface area contributed by atoms with Gasteiger partial charge in [0.25, 0.3) is 7.30 Å². The van der Waals surface area contributed by atoms with Crippen molar-refractivity contribution in [3.8, 4) is 0 Å². The summed E-state index contributed by atoms with van der Waals surface area (Å²) in [6.45, 7) is 1.62. The van der Waals surface area contributed by atoms with E-state index in [4.69, 9.17) is 11.2 Å². The largest absolute Gasteiger partial charge is 0.363 e. The van der Waals surface area contributed by atoms with E-state index < -0.39 is 13.3 Å². The molecule has 0 heterocycles. The second-order valence-corrected chi connectivity index (χ2v) is 2.98. The number of carbonyl (C=O) groups is 1.